The van der Waals surface area contributed by atoms with Gasteiger partial charge in [0, 0.05) is 13.1 Å². The average molecular weight is 268 g/mol. The molecule has 0 saturated carbocycles. The fourth-order valence-electron chi connectivity index (χ4n) is 1.34. The van der Waals surface area contributed by atoms with E-state index in [1.165, 1.54) is 7.11 Å². The summed E-state index contributed by atoms with van der Waals surface area (Å²) in [6.07, 6.45) is 0. The molecule has 98 valence electrons. The molecule has 0 aliphatic carbocycles. The number of aliphatic hydroxyl groups excluding tert-OH is 1. The van der Waals surface area contributed by atoms with Gasteiger partial charge in [0.2, 0.25) is 0 Å². The molecule has 0 atom stereocenters. The first-order valence-electron chi connectivity index (χ1n) is 5.47. The lowest BCUT2D eigenvalue weighted by Gasteiger charge is -2.10. The van der Waals surface area contributed by atoms with Crippen molar-refractivity contribution in [3.8, 4) is 0 Å². The van der Waals surface area contributed by atoms with Gasteiger partial charge in [-0.2, -0.15) is 0 Å². The summed E-state index contributed by atoms with van der Waals surface area (Å²) in [6.45, 7) is 0.940. The van der Waals surface area contributed by atoms with Gasteiger partial charge >= 0.3 is 5.97 Å². The second kappa shape index (κ2) is 7.62. The van der Waals surface area contributed by atoms with Crippen molar-refractivity contribution in [2.24, 2.45) is 0 Å². The molecule has 1 aromatic carbocycles. The van der Waals surface area contributed by atoms with Crippen molar-refractivity contribution in [3.63, 3.8) is 0 Å². The predicted molar refractivity (Wildman–Crippen MR) is 72.3 cm³/mol. The van der Waals surface area contributed by atoms with Crippen LogP contribution in [0.4, 0.5) is 0 Å². The van der Waals surface area contributed by atoms with Gasteiger partial charge in [-0.25, -0.2) is 4.79 Å². The Labute approximate surface area is 111 Å². The van der Waals surface area contributed by atoms with E-state index in [1.54, 1.807) is 18.2 Å². The molecule has 6 heteroatoms. The largest absolute Gasteiger partial charge is 0.465 e. The SMILES string of the molecule is COC(=O)c1cccc(CNC(=S)NCCO)c1. The topological polar surface area (TPSA) is 70.6 Å². The minimum atomic E-state index is -0.363. The van der Waals surface area contributed by atoms with Crippen molar-refractivity contribution in [3.05, 3.63) is 35.4 Å². The monoisotopic (exact) mass is 268 g/mol. The minimum Gasteiger partial charge on any atom is -0.465 e. The first kappa shape index (κ1) is 14.4. The lowest BCUT2D eigenvalue weighted by Crippen LogP contribution is -2.36. The standard InChI is InChI=1S/C12H16N2O3S/c1-17-11(16)10-4-2-3-9(7-10)8-14-12(18)13-5-6-15/h2-4,7,15H,5-6,8H2,1H3,(H2,13,14,18). The number of hydrogen-bond acceptors (Lipinski definition) is 4. The van der Waals surface area contributed by atoms with Crippen molar-refractivity contribution in [2.45, 2.75) is 6.54 Å². The second-order valence-corrected chi connectivity index (χ2v) is 3.93. The molecule has 0 amide bonds. The third-order valence-electron chi connectivity index (χ3n) is 2.20. The van der Waals surface area contributed by atoms with E-state index < -0.39 is 0 Å². The summed E-state index contributed by atoms with van der Waals surface area (Å²) in [5.74, 6) is -0.363. The zero-order chi connectivity index (χ0) is 13.4. The molecule has 5 nitrogen and oxygen atoms in total. The first-order valence-corrected chi connectivity index (χ1v) is 5.88. The highest BCUT2D eigenvalue weighted by atomic mass is 32.1. The number of aliphatic hydroxyl groups is 1. The van der Waals surface area contributed by atoms with E-state index in [0.717, 1.165) is 5.56 Å². The van der Waals surface area contributed by atoms with Gasteiger partial charge in [-0.3, -0.25) is 0 Å². The number of ether oxygens (including phenoxy) is 1. The van der Waals surface area contributed by atoms with Crippen molar-refractivity contribution in [2.75, 3.05) is 20.3 Å². The van der Waals surface area contributed by atoms with Crippen LogP contribution in [-0.2, 0) is 11.3 Å². The lowest BCUT2D eigenvalue weighted by molar-refractivity contribution is 0.0600. The molecule has 0 aliphatic rings. The highest BCUT2D eigenvalue weighted by molar-refractivity contribution is 7.80. The van der Waals surface area contributed by atoms with E-state index in [9.17, 15) is 4.79 Å². The number of benzene rings is 1. The summed E-state index contributed by atoms with van der Waals surface area (Å²) in [5, 5.41) is 14.9. The van der Waals surface area contributed by atoms with E-state index >= 15 is 0 Å². The molecule has 1 aromatic rings. The molecule has 0 heterocycles. The fourth-order valence-corrected chi connectivity index (χ4v) is 1.51. The molecule has 0 fully saturated rings. The Hall–Kier alpha value is -1.66. The Morgan fingerprint density at radius 3 is 2.89 bits per heavy atom. The van der Waals surface area contributed by atoms with Crippen molar-refractivity contribution in [1.29, 1.82) is 0 Å². The molecule has 0 aliphatic heterocycles. The van der Waals surface area contributed by atoms with E-state index in [2.05, 4.69) is 15.4 Å². The molecule has 0 bridgehead atoms. The molecule has 3 N–H and O–H groups in total. The van der Waals surface area contributed by atoms with Crippen LogP contribution in [0.1, 0.15) is 15.9 Å². The van der Waals surface area contributed by atoms with Crippen LogP contribution in [0.25, 0.3) is 0 Å². The zero-order valence-corrected chi connectivity index (χ0v) is 10.9. The van der Waals surface area contributed by atoms with Crippen molar-refractivity contribution in [1.82, 2.24) is 10.6 Å². The summed E-state index contributed by atoms with van der Waals surface area (Å²) >= 11 is 5.00. The summed E-state index contributed by atoms with van der Waals surface area (Å²) in [4.78, 5) is 11.3. The highest BCUT2D eigenvalue weighted by Crippen LogP contribution is 2.06. The summed E-state index contributed by atoms with van der Waals surface area (Å²) in [7, 11) is 1.35. The molecule has 0 aromatic heterocycles. The van der Waals surface area contributed by atoms with Gasteiger partial charge in [-0.1, -0.05) is 12.1 Å². The summed E-state index contributed by atoms with van der Waals surface area (Å²) in [5.41, 5.74) is 1.43. The quantitative estimate of drug-likeness (QED) is 0.531. The fraction of sp³-hybridized carbons (Fsp3) is 0.333. The normalized spacial score (nSPS) is 9.67. The Morgan fingerprint density at radius 2 is 2.22 bits per heavy atom. The Bertz CT molecular complexity index is 424. The average Bonchev–Trinajstić information content (AvgIpc) is 2.42. The maximum atomic E-state index is 11.3. The molecule has 0 spiro atoms. The van der Waals surface area contributed by atoms with Gasteiger partial charge in [0.1, 0.15) is 0 Å². The number of carbonyl (C=O) groups is 1. The minimum absolute atomic E-state index is 0.0274. The van der Waals surface area contributed by atoms with Crippen LogP contribution >= 0.6 is 12.2 Å². The predicted octanol–water partition coefficient (Wildman–Crippen LogP) is 0.430. The number of methoxy groups -OCH3 is 1. The van der Waals surface area contributed by atoms with Crippen LogP contribution in [0.3, 0.4) is 0 Å². The zero-order valence-electron chi connectivity index (χ0n) is 10.1. The first-order chi connectivity index (χ1) is 8.67. The van der Waals surface area contributed by atoms with Gasteiger partial charge < -0.3 is 20.5 Å². The lowest BCUT2D eigenvalue weighted by atomic mass is 10.1. The van der Waals surface area contributed by atoms with E-state index in [1.807, 2.05) is 6.07 Å². The van der Waals surface area contributed by atoms with Crippen LogP contribution in [0, 0.1) is 0 Å². The van der Waals surface area contributed by atoms with E-state index in [4.69, 9.17) is 17.3 Å². The second-order valence-electron chi connectivity index (χ2n) is 3.53. The van der Waals surface area contributed by atoms with Crippen LogP contribution < -0.4 is 10.6 Å². The molecule has 0 saturated heterocycles. The number of rotatable bonds is 5. The highest BCUT2D eigenvalue weighted by Gasteiger charge is 2.05. The number of nitrogens with one attached hydrogen (secondary N) is 2. The Balaban J connectivity index is 2.52. The smallest absolute Gasteiger partial charge is 0.337 e. The van der Waals surface area contributed by atoms with Crippen LogP contribution in [0.5, 0.6) is 0 Å². The molecule has 0 radical (unpaired) electrons. The molecule has 0 unspecified atom stereocenters. The van der Waals surface area contributed by atoms with Crippen molar-refractivity contribution >= 4 is 23.3 Å². The van der Waals surface area contributed by atoms with E-state index in [-0.39, 0.29) is 12.6 Å². The molecule has 1 rings (SSSR count). The number of thiocarbonyl (C=S) groups is 1. The summed E-state index contributed by atoms with van der Waals surface area (Å²) < 4.78 is 4.64. The number of carbonyl (C=O) groups excluding carboxylic acids is 1. The van der Waals surface area contributed by atoms with Gasteiger partial charge in [0.05, 0.1) is 19.3 Å². The molecule has 18 heavy (non-hydrogen) atoms. The van der Waals surface area contributed by atoms with Crippen LogP contribution in [-0.4, -0.2) is 36.4 Å². The van der Waals surface area contributed by atoms with E-state index in [0.29, 0.717) is 23.8 Å². The van der Waals surface area contributed by atoms with Gasteiger partial charge in [-0.15, -0.1) is 0 Å². The van der Waals surface area contributed by atoms with Crippen LogP contribution in [0.2, 0.25) is 0 Å². The van der Waals surface area contributed by atoms with Gasteiger partial charge in [0.25, 0.3) is 0 Å². The number of esters is 1. The van der Waals surface area contributed by atoms with Gasteiger partial charge in [0.15, 0.2) is 5.11 Å². The van der Waals surface area contributed by atoms with Crippen LogP contribution in [0.15, 0.2) is 24.3 Å². The maximum absolute atomic E-state index is 11.3. The summed E-state index contributed by atoms with van der Waals surface area (Å²) in [6, 6.07) is 7.10. The third kappa shape index (κ3) is 4.68. The van der Waals surface area contributed by atoms with Crippen molar-refractivity contribution < 1.29 is 14.6 Å². The Kier molecular flexibility index (Phi) is 6.10. The third-order valence-corrected chi connectivity index (χ3v) is 2.49. The Morgan fingerprint density at radius 1 is 1.44 bits per heavy atom. The van der Waals surface area contributed by atoms with Gasteiger partial charge in [-0.05, 0) is 29.9 Å². The number of hydrogen-bond donors (Lipinski definition) is 3. The molecular formula is C12H16N2O3S. The molecular weight excluding hydrogens is 252 g/mol. The maximum Gasteiger partial charge on any atom is 0.337 e.